The first-order chi connectivity index (χ1) is 20.0. The van der Waals surface area contributed by atoms with Crippen molar-refractivity contribution in [3.05, 3.63) is 74.8 Å². The van der Waals surface area contributed by atoms with Gasteiger partial charge in [-0.25, -0.2) is 4.79 Å². The molecule has 0 spiro atoms. The lowest BCUT2D eigenvalue weighted by Crippen LogP contribution is -2.54. The minimum atomic E-state index is -1.78. The van der Waals surface area contributed by atoms with Gasteiger partial charge in [-0.1, -0.05) is 12.1 Å². The highest BCUT2D eigenvalue weighted by Gasteiger charge is 2.52. The fraction of sp³-hybridized carbons (Fsp3) is 0.462. The summed E-state index contributed by atoms with van der Waals surface area (Å²) in [5.74, 6) is -1.55. The molecule has 7 N–H and O–H groups in total. The minimum Gasteiger partial charge on any atom is -0.497 e. The van der Waals surface area contributed by atoms with Crippen molar-refractivity contribution in [1.82, 2.24) is 14.9 Å². The van der Waals surface area contributed by atoms with Crippen LogP contribution in [0.1, 0.15) is 11.8 Å². The van der Waals surface area contributed by atoms with Gasteiger partial charge in [-0.2, -0.15) is 0 Å². The number of nitrogens with one attached hydrogen (secondary N) is 2. The average molecular weight is 593 g/mol. The topological polar surface area (TPSA) is 234 Å². The molecule has 2 amide bonds. The van der Waals surface area contributed by atoms with Crippen molar-refractivity contribution in [3.63, 3.8) is 0 Å². The van der Waals surface area contributed by atoms with Gasteiger partial charge in [0.05, 0.1) is 7.11 Å². The number of aromatic nitrogens is 2. The summed E-state index contributed by atoms with van der Waals surface area (Å²) in [4.78, 5) is 51.0. The molecule has 0 radical (unpaired) electrons. The van der Waals surface area contributed by atoms with E-state index in [-0.39, 0.29) is 12.3 Å². The molecule has 2 aliphatic rings. The monoisotopic (exact) mass is 592 g/mol. The van der Waals surface area contributed by atoms with Crippen molar-refractivity contribution in [2.24, 2.45) is 5.73 Å². The zero-order chi connectivity index (χ0) is 30.6. The summed E-state index contributed by atoms with van der Waals surface area (Å²) in [6.45, 7) is 0.203. The summed E-state index contributed by atoms with van der Waals surface area (Å²) >= 11 is 0. The number of H-pyrrole nitrogens is 1. The highest BCUT2D eigenvalue weighted by atomic mass is 16.7. The number of amides is 2. The van der Waals surface area contributed by atoms with Crippen LogP contribution in [-0.4, -0.2) is 100 Å². The van der Waals surface area contributed by atoms with E-state index in [1.807, 2.05) is 17.1 Å². The Bertz CT molecular complexity index is 1410. The first-order valence-electron chi connectivity index (χ1n) is 12.8. The van der Waals surface area contributed by atoms with Crippen LogP contribution in [0.15, 0.2) is 58.0 Å². The Kier molecular flexibility index (Phi) is 9.77. The molecule has 16 nitrogen and oxygen atoms in total. The van der Waals surface area contributed by atoms with E-state index in [4.69, 9.17) is 29.4 Å². The van der Waals surface area contributed by atoms with Crippen molar-refractivity contribution < 1.29 is 48.6 Å². The van der Waals surface area contributed by atoms with Crippen LogP contribution in [0.25, 0.3) is 0 Å². The predicted octanol–water partition coefficient (Wildman–Crippen LogP) is -2.99. The molecule has 1 aromatic carbocycles. The zero-order valence-corrected chi connectivity index (χ0v) is 22.6. The number of nitrogens with zero attached hydrogens (tertiary/aromatic N) is 1. The van der Waals surface area contributed by atoms with E-state index in [0.29, 0.717) is 12.2 Å². The maximum absolute atomic E-state index is 12.8. The predicted molar refractivity (Wildman–Crippen MR) is 141 cm³/mol. The molecule has 1 saturated heterocycles. The number of aliphatic hydroxyl groups excluding tert-OH is 3. The number of carbonyl (C=O) groups excluding carboxylic acids is 2. The van der Waals surface area contributed by atoms with Crippen LogP contribution in [0, 0.1) is 0 Å². The van der Waals surface area contributed by atoms with Gasteiger partial charge in [-0.15, -0.1) is 0 Å². The maximum atomic E-state index is 12.8. The van der Waals surface area contributed by atoms with E-state index in [2.05, 4.69) is 5.32 Å². The second-order valence-corrected chi connectivity index (χ2v) is 9.51. The summed E-state index contributed by atoms with van der Waals surface area (Å²) in [6, 6.07) is 8.26. The number of ether oxygens (including phenoxy) is 5. The van der Waals surface area contributed by atoms with Crippen molar-refractivity contribution in [1.29, 1.82) is 0 Å². The van der Waals surface area contributed by atoms with Crippen LogP contribution in [-0.2, 0) is 35.0 Å². The summed E-state index contributed by atoms with van der Waals surface area (Å²) in [5, 5.41) is 34.3. The molecule has 1 unspecified atom stereocenters. The number of rotatable bonds is 11. The van der Waals surface area contributed by atoms with Gasteiger partial charge in [0.25, 0.3) is 11.5 Å². The lowest BCUT2D eigenvalue weighted by Gasteiger charge is -2.35. The molecule has 0 aliphatic carbocycles. The third kappa shape index (κ3) is 6.70. The number of carbonyl (C=O) groups is 2. The Labute approximate surface area is 238 Å². The molecule has 0 saturated carbocycles. The second kappa shape index (κ2) is 13.3. The molecule has 1 fully saturated rings. The molecular weight excluding hydrogens is 560 g/mol. The Morgan fingerprint density at radius 2 is 1.83 bits per heavy atom. The number of hydrogen-bond acceptors (Lipinski definition) is 12. The molecule has 3 heterocycles. The molecular formula is C26H32N4O12. The lowest BCUT2D eigenvalue weighted by molar-refractivity contribution is -0.241. The highest BCUT2D eigenvalue weighted by molar-refractivity contribution is 5.91. The number of aromatic amines is 1. The molecule has 1 aromatic heterocycles. The molecule has 2 aliphatic heterocycles. The molecule has 4 rings (SSSR count). The van der Waals surface area contributed by atoms with Crippen molar-refractivity contribution >= 4 is 11.8 Å². The number of primary amides is 1. The van der Waals surface area contributed by atoms with Gasteiger partial charge in [0.1, 0.15) is 36.3 Å². The van der Waals surface area contributed by atoms with Gasteiger partial charge < -0.3 is 50.1 Å². The van der Waals surface area contributed by atoms with Gasteiger partial charge in [-0.3, -0.25) is 23.9 Å². The molecule has 8 atom stereocenters. The second-order valence-electron chi connectivity index (χ2n) is 9.51. The van der Waals surface area contributed by atoms with E-state index in [0.717, 1.165) is 28.5 Å². The van der Waals surface area contributed by atoms with E-state index in [9.17, 15) is 34.5 Å². The number of hydrogen-bond donors (Lipinski definition) is 6. The van der Waals surface area contributed by atoms with Gasteiger partial charge in [-0.05, 0) is 30.2 Å². The first-order valence-corrected chi connectivity index (χ1v) is 12.8. The number of benzene rings is 1. The third-order valence-electron chi connectivity index (χ3n) is 6.78. The van der Waals surface area contributed by atoms with Crippen LogP contribution >= 0.6 is 0 Å². The van der Waals surface area contributed by atoms with E-state index >= 15 is 0 Å². The van der Waals surface area contributed by atoms with Crippen LogP contribution in [0.3, 0.4) is 0 Å². The van der Waals surface area contributed by atoms with Crippen LogP contribution in [0.5, 0.6) is 5.75 Å². The molecule has 0 bridgehead atoms. The molecule has 42 heavy (non-hydrogen) atoms. The zero-order valence-electron chi connectivity index (χ0n) is 22.6. The quantitative estimate of drug-likeness (QED) is 0.153. The summed E-state index contributed by atoms with van der Waals surface area (Å²) in [5.41, 5.74) is 4.88. The van der Waals surface area contributed by atoms with Gasteiger partial charge in [0.2, 0.25) is 12.2 Å². The van der Waals surface area contributed by atoms with Crippen molar-refractivity contribution in [2.75, 3.05) is 20.8 Å². The van der Waals surface area contributed by atoms with Crippen LogP contribution < -0.4 is 27.0 Å². The van der Waals surface area contributed by atoms with E-state index in [1.54, 1.807) is 19.2 Å². The van der Waals surface area contributed by atoms with Crippen LogP contribution in [0.4, 0.5) is 0 Å². The third-order valence-corrected chi connectivity index (χ3v) is 6.78. The summed E-state index contributed by atoms with van der Waals surface area (Å²) < 4.78 is 28.1. The SMILES string of the molecule is COc1ccc(CCNC(=O)C2=C[C@H](O)[C@H](O)[C@@H](O[C@@H](C(N)=O)C3O[C@@H](n4ccc(=O)[nH]c4=O)[C@H](O)[C@@H]3OC)O2)cc1. The smallest absolute Gasteiger partial charge is 0.330 e. The standard InChI is InChI=1S/C26H32N4O12/c1-38-13-5-3-12(4-6-13)7-9-28-23(36)15-11-14(31)17(33)25(40-15)42-21(22(27)35)20-19(39-2)18(34)24(41-20)30-10-8-16(32)29-26(30)37/h3-6,8,10-11,14,17-21,24-25,31,33-34H,7,9H2,1-2H3,(H2,27,35)(H,28,36)(H,29,32,37)/t14-,17-,18+,19-,20?,21+,24+,25+/m0/s1. The highest BCUT2D eigenvalue weighted by Crippen LogP contribution is 2.34. The van der Waals surface area contributed by atoms with Gasteiger partial charge in [0.15, 0.2) is 18.1 Å². The summed E-state index contributed by atoms with van der Waals surface area (Å²) in [6.07, 6.45) is -10.1. The Hall–Kier alpha value is -4.06. The van der Waals surface area contributed by atoms with Crippen LogP contribution in [0.2, 0.25) is 0 Å². The Balaban J connectivity index is 1.45. The molecule has 16 heteroatoms. The summed E-state index contributed by atoms with van der Waals surface area (Å²) in [7, 11) is 2.75. The fourth-order valence-corrected chi connectivity index (χ4v) is 4.59. The Morgan fingerprint density at radius 3 is 2.45 bits per heavy atom. The number of aliphatic hydroxyl groups is 3. The molecule has 228 valence electrons. The first kappa shape index (κ1) is 30.9. The maximum Gasteiger partial charge on any atom is 0.330 e. The number of methoxy groups -OCH3 is 2. The van der Waals surface area contributed by atoms with Crippen molar-refractivity contribution in [2.45, 2.75) is 55.6 Å². The number of nitrogens with two attached hydrogens (primary N) is 1. The molecule has 2 aromatic rings. The lowest BCUT2D eigenvalue weighted by atomic mass is 10.0. The largest absolute Gasteiger partial charge is 0.497 e. The van der Waals surface area contributed by atoms with Gasteiger partial charge in [0, 0.05) is 25.9 Å². The van der Waals surface area contributed by atoms with Crippen molar-refractivity contribution in [3.8, 4) is 5.75 Å². The normalized spacial score (nSPS) is 27.9. The average Bonchev–Trinajstić information content (AvgIpc) is 3.28. The van der Waals surface area contributed by atoms with Gasteiger partial charge >= 0.3 is 5.69 Å². The Morgan fingerprint density at radius 1 is 1.12 bits per heavy atom. The fourth-order valence-electron chi connectivity index (χ4n) is 4.59. The van der Waals surface area contributed by atoms with E-state index in [1.165, 1.54) is 7.11 Å². The minimum absolute atomic E-state index is 0.203. The van der Waals surface area contributed by atoms with E-state index < -0.39 is 72.2 Å².